The van der Waals surface area contributed by atoms with Gasteiger partial charge >= 0.3 is 0 Å². The molecule has 6 nitrogen and oxygen atoms in total. The predicted octanol–water partition coefficient (Wildman–Crippen LogP) is 3.37. The maximum absolute atomic E-state index is 12.8. The molecular formula is C16H21N3O3S3. The molecule has 0 saturated carbocycles. The number of piperidine rings is 1. The van der Waals surface area contributed by atoms with Crippen molar-refractivity contribution in [3.05, 3.63) is 24.3 Å². The fourth-order valence-electron chi connectivity index (χ4n) is 2.64. The summed E-state index contributed by atoms with van der Waals surface area (Å²) in [5.74, 6) is 2.25. The summed E-state index contributed by atoms with van der Waals surface area (Å²) in [7, 11) is -3.47. The summed E-state index contributed by atoms with van der Waals surface area (Å²) in [5, 5.41) is 8.58. The van der Waals surface area contributed by atoms with Gasteiger partial charge in [-0.3, -0.25) is 0 Å². The molecule has 2 heterocycles. The van der Waals surface area contributed by atoms with E-state index >= 15 is 0 Å². The van der Waals surface area contributed by atoms with E-state index in [1.165, 1.54) is 11.8 Å². The van der Waals surface area contributed by atoms with E-state index in [0.29, 0.717) is 29.8 Å². The number of aromatic nitrogens is 2. The number of thioether (sulfide) groups is 2. The normalized spacial score (nSPS) is 16.2. The van der Waals surface area contributed by atoms with Gasteiger partial charge in [0.2, 0.25) is 15.9 Å². The monoisotopic (exact) mass is 399 g/mol. The highest BCUT2D eigenvalue weighted by molar-refractivity contribution is 8.02. The van der Waals surface area contributed by atoms with E-state index < -0.39 is 10.0 Å². The van der Waals surface area contributed by atoms with E-state index in [-0.39, 0.29) is 4.90 Å². The van der Waals surface area contributed by atoms with Crippen molar-refractivity contribution < 1.29 is 12.8 Å². The summed E-state index contributed by atoms with van der Waals surface area (Å²) < 4.78 is 32.8. The predicted molar refractivity (Wildman–Crippen MR) is 101 cm³/mol. The SMILES string of the molecule is CSCCSc1nnc(-c2cccc(S(=O)(=O)N3CCCCC3)c2)o1. The van der Waals surface area contributed by atoms with Gasteiger partial charge in [0.05, 0.1) is 4.90 Å². The average Bonchev–Trinajstić information content (AvgIpc) is 3.12. The van der Waals surface area contributed by atoms with Crippen LogP contribution < -0.4 is 0 Å². The molecule has 0 unspecified atom stereocenters. The van der Waals surface area contributed by atoms with Crippen LogP contribution in [0, 0.1) is 0 Å². The first-order valence-corrected chi connectivity index (χ1v) is 12.0. The van der Waals surface area contributed by atoms with Crippen LogP contribution in [-0.2, 0) is 10.0 Å². The Balaban J connectivity index is 1.79. The molecule has 1 fully saturated rings. The first-order valence-electron chi connectivity index (χ1n) is 8.17. The van der Waals surface area contributed by atoms with Gasteiger partial charge in [0.15, 0.2) is 0 Å². The number of hydrogen-bond donors (Lipinski definition) is 0. The van der Waals surface area contributed by atoms with Crippen molar-refractivity contribution in [3.63, 3.8) is 0 Å². The number of benzene rings is 1. The zero-order chi connectivity index (χ0) is 17.7. The molecule has 1 aliphatic heterocycles. The molecule has 0 N–H and O–H groups in total. The Morgan fingerprint density at radius 1 is 1.16 bits per heavy atom. The van der Waals surface area contributed by atoms with E-state index in [1.807, 2.05) is 6.26 Å². The zero-order valence-corrected chi connectivity index (χ0v) is 16.5. The lowest BCUT2D eigenvalue weighted by Crippen LogP contribution is -2.35. The number of sulfonamides is 1. The van der Waals surface area contributed by atoms with Crippen LogP contribution in [0.3, 0.4) is 0 Å². The van der Waals surface area contributed by atoms with Crippen LogP contribution in [0.1, 0.15) is 19.3 Å². The summed E-state index contributed by atoms with van der Waals surface area (Å²) in [6, 6.07) is 6.75. The van der Waals surface area contributed by atoms with Crippen LogP contribution in [0.5, 0.6) is 0 Å². The molecule has 0 aliphatic carbocycles. The zero-order valence-electron chi connectivity index (χ0n) is 14.1. The number of hydrogen-bond acceptors (Lipinski definition) is 7. The van der Waals surface area contributed by atoms with Gasteiger partial charge in [-0.1, -0.05) is 24.2 Å². The van der Waals surface area contributed by atoms with Crippen molar-refractivity contribution in [2.75, 3.05) is 30.9 Å². The smallest absolute Gasteiger partial charge is 0.276 e. The summed E-state index contributed by atoms with van der Waals surface area (Å²) in [6.07, 6.45) is 4.97. The van der Waals surface area contributed by atoms with Crippen molar-refractivity contribution in [3.8, 4) is 11.5 Å². The lowest BCUT2D eigenvalue weighted by atomic mass is 10.2. The van der Waals surface area contributed by atoms with Crippen molar-refractivity contribution in [1.29, 1.82) is 0 Å². The quantitative estimate of drug-likeness (QED) is 0.522. The standard InChI is InChI=1S/C16H21N3O3S3/c1-23-10-11-24-16-18-17-15(22-16)13-6-5-7-14(12-13)25(20,21)19-8-3-2-4-9-19/h5-7,12H,2-4,8-11H2,1H3. The van der Waals surface area contributed by atoms with Gasteiger partial charge in [-0.15, -0.1) is 10.2 Å². The Kier molecular flexibility index (Phi) is 6.43. The van der Waals surface area contributed by atoms with Gasteiger partial charge in [-0.25, -0.2) is 8.42 Å². The summed E-state index contributed by atoms with van der Waals surface area (Å²) in [5.41, 5.74) is 0.627. The molecule has 2 aromatic rings. The minimum Gasteiger partial charge on any atom is -0.411 e. The lowest BCUT2D eigenvalue weighted by Gasteiger charge is -2.25. The van der Waals surface area contributed by atoms with Crippen molar-refractivity contribution in [1.82, 2.24) is 14.5 Å². The van der Waals surface area contributed by atoms with Crippen LogP contribution >= 0.6 is 23.5 Å². The summed E-state index contributed by atoms with van der Waals surface area (Å²) in [6.45, 7) is 1.17. The van der Waals surface area contributed by atoms with E-state index in [2.05, 4.69) is 10.2 Å². The molecule has 0 spiro atoms. The maximum Gasteiger partial charge on any atom is 0.276 e. The Bertz CT molecular complexity index is 802. The van der Waals surface area contributed by atoms with Gasteiger partial charge in [0.25, 0.3) is 5.22 Å². The molecule has 0 radical (unpaired) electrons. The van der Waals surface area contributed by atoms with Gasteiger partial charge in [0, 0.05) is 30.2 Å². The first kappa shape index (κ1) is 18.8. The van der Waals surface area contributed by atoms with Gasteiger partial charge in [-0.2, -0.15) is 16.1 Å². The molecule has 1 aromatic heterocycles. The first-order chi connectivity index (χ1) is 12.1. The maximum atomic E-state index is 12.8. The molecule has 1 aromatic carbocycles. The van der Waals surface area contributed by atoms with E-state index in [0.717, 1.165) is 30.8 Å². The molecule has 0 atom stereocenters. The Labute approximate surface area is 156 Å². The average molecular weight is 400 g/mol. The van der Waals surface area contributed by atoms with E-state index in [1.54, 1.807) is 40.3 Å². The fraction of sp³-hybridized carbons (Fsp3) is 0.500. The molecule has 9 heteroatoms. The molecular weight excluding hydrogens is 378 g/mol. The summed E-state index contributed by atoms with van der Waals surface area (Å²) >= 11 is 3.27. The fourth-order valence-corrected chi connectivity index (χ4v) is 5.62. The van der Waals surface area contributed by atoms with E-state index in [4.69, 9.17) is 4.42 Å². The third-order valence-corrected chi connectivity index (χ3v) is 7.54. The highest BCUT2D eigenvalue weighted by atomic mass is 32.2. The second-order valence-electron chi connectivity index (χ2n) is 5.71. The second-order valence-corrected chi connectivity index (χ2v) is 9.68. The van der Waals surface area contributed by atoms with Crippen LogP contribution in [0.15, 0.2) is 38.8 Å². The van der Waals surface area contributed by atoms with Gasteiger partial charge in [0.1, 0.15) is 0 Å². The minimum atomic E-state index is -3.47. The van der Waals surface area contributed by atoms with Crippen LogP contribution in [0.25, 0.3) is 11.5 Å². The van der Waals surface area contributed by atoms with E-state index in [9.17, 15) is 8.42 Å². The second kappa shape index (κ2) is 8.57. The molecule has 25 heavy (non-hydrogen) atoms. The van der Waals surface area contributed by atoms with Crippen LogP contribution in [0.2, 0.25) is 0 Å². The summed E-state index contributed by atoms with van der Waals surface area (Å²) in [4.78, 5) is 0.279. The molecule has 136 valence electrons. The van der Waals surface area contributed by atoms with Gasteiger partial charge in [-0.05, 0) is 37.3 Å². The Hall–Kier alpha value is -1.03. The Morgan fingerprint density at radius 3 is 2.72 bits per heavy atom. The third kappa shape index (κ3) is 4.58. The third-order valence-electron chi connectivity index (χ3n) is 3.95. The molecule has 1 saturated heterocycles. The van der Waals surface area contributed by atoms with Crippen LogP contribution in [-0.4, -0.2) is 53.8 Å². The molecule has 0 bridgehead atoms. The van der Waals surface area contributed by atoms with Crippen molar-refractivity contribution >= 4 is 33.5 Å². The number of rotatable bonds is 7. The number of nitrogens with zero attached hydrogens (tertiary/aromatic N) is 3. The molecule has 1 aliphatic rings. The van der Waals surface area contributed by atoms with Crippen molar-refractivity contribution in [2.24, 2.45) is 0 Å². The van der Waals surface area contributed by atoms with Crippen molar-refractivity contribution in [2.45, 2.75) is 29.4 Å². The Morgan fingerprint density at radius 2 is 1.96 bits per heavy atom. The highest BCUT2D eigenvalue weighted by Gasteiger charge is 2.26. The van der Waals surface area contributed by atoms with Crippen LogP contribution in [0.4, 0.5) is 0 Å². The highest BCUT2D eigenvalue weighted by Crippen LogP contribution is 2.27. The van der Waals surface area contributed by atoms with Gasteiger partial charge < -0.3 is 4.42 Å². The molecule has 0 amide bonds. The minimum absolute atomic E-state index is 0.279. The topological polar surface area (TPSA) is 76.3 Å². The molecule has 3 rings (SSSR count). The lowest BCUT2D eigenvalue weighted by molar-refractivity contribution is 0.346. The largest absolute Gasteiger partial charge is 0.411 e.